The van der Waals surface area contributed by atoms with Crippen LogP contribution >= 0.6 is 0 Å². The van der Waals surface area contributed by atoms with Crippen LogP contribution in [0, 0.1) is 0 Å². The van der Waals surface area contributed by atoms with Crippen LogP contribution in [0.25, 0.3) is 0 Å². The van der Waals surface area contributed by atoms with Gasteiger partial charge in [0.05, 0.1) is 0 Å². The molecule has 1 heterocycles. The first-order valence-corrected chi connectivity index (χ1v) is 2.34. The second-order valence-corrected chi connectivity index (χ2v) is 1.20. The summed E-state index contributed by atoms with van der Waals surface area (Å²) in [5.74, 6) is 0.493. The molecule has 0 amide bonds. The third kappa shape index (κ3) is 0.927. The minimum absolute atomic E-state index is 0.493. The Balaban J connectivity index is 2.50. The summed E-state index contributed by atoms with van der Waals surface area (Å²) in [6.45, 7) is 2.62. The number of nitrogens with one attached hydrogen (secondary N) is 1. The quantitative estimate of drug-likeness (QED) is 0.558. The third-order valence-corrected chi connectivity index (χ3v) is 0.642. The Bertz CT molecular complexity index is 133. The molecule has 0 aliphatic rings. The molecule has 1 aromatic rings. The summed E-state index contributed by atoms with van der Waals surface area (Å²) in [4.78, 5) is 0. The van der Waals surface area contributed by atoms with Crippen molar-refractivity contribution in [2.24, 2.45) is 0 Å². The Hall–Kier alpha value is -1.13. The van der Waals surface area contributed by atoms with Crippen molar-refractivity contribution in [2.75, 3.05) is 6.54 Å². The number of nitrogens with zero attached hydrogens (tertiary/aromatic N) is 4. The molecular formula is C3H6N5. The Morgan fingerprint density at radius 3 is 3.12 bits per heavy atom. The maximum atomic E-state index is 3.88. The number of aromatic amines is 1. The van der Waals surface area contributed by atoms with E-state index in [9.17, 15) is 0 Å². The number of aromatic nitrogens is 4. The van der Waals surface area contributed by atoms with Crippen LogP contribution in [-0.2, 0) is 0 Å². The van der Waals surface area contributed by atoms with Crippen molar-refractivity contribution in [2.45, 2.75) is 6.92 Å². The van der Waals surface area contributed by atoms with Gasteiger partial charge >= 0.3 is 0 Å². The van der Waals surface area contributed by atoms with Crippen molar-refractivity contribution >= 4 is 5.95 Å². The monoisotopic (exact) mass is 112 g/mol. The maximum absolute atomic E-state index is 3.88. The molecule has 0 spiro atoms. The van der Waals surface area contributed by atoms with Crippen LogP contribution in [0.4, 0.5) is 5.95 Å². The Morgan fingerprint density at radius 2 is 2.62 bits per heavy atom. The van der Waals surface area contributed by atoms with Crippen molar-refractivity contribution < 1.29 is 0 Å². The molecule has 8 heavy (non-hydrogen) atoms. The first-order chi connectivity index (χ1) is 3.93. The minimum Gasteiger partial charge on any atom is -0.249 e. The number of H-pyrrole nitrogens is 1. The largest absolute Gasteiger partial charge is 0.261 e. The van der Waals surface area contributed by atoms with E-state index in [0.717, 1.165) is 0 Å². The zero-order chi connectivity index (χ0) is 5.82. The van der Waals surface area contributed by atoms with E-state index in [-0.39, 0.29) is 0 Å². The maximum Gasteiger partial charge on any atom is 0.261 e. The fraction of sp³-hybridized carbons (Fsp3) is 0.667. The van der Waals surface area contributed by atoms with Crippen molar-refractivity contribution in [1.82, 2.24) is 25.9 Å². The van der Waals surface area contributed by atoms with Crippen molar-refractivity contribution in [1.29, 1.82) is 0 Å². The fourth-order valence-electron chi connectivity index (χ4n) is 0.371. The summed E-state index contributed by atoms with van der Waals surface area (Å²) in [5, 5.41) is 16.5. The summed E-state index contributed by atoms with van der Waals surface area (Å²) in [7, 11) is 0. The van der Waals surface area contributed by atoms with Gasteiger partial charge in [-0.2, -0.15) is 0 Å². The normalized spacial score (nSPS) is 9.12. The van der Waals surface area contributed by atoms with Crippen LogP contribution in [-0.4, -0.2) is 27.2 Å². The molecule has 0 unspecified atom stereocenters. The van der Waals surface area contributed by atoms with Crippen LogP contribution in [0.5, 0.6) is 0 Å². The molecule has 43 valence electrons. The van der Waals surface area contributed by atoms with E-state index < -0.39 is 0 Å². The van der Waals surface area contributed by atoms with Crippen LogP contribution < -0.4 is 5.32 Å². The molecule has 1 radical (unpaired) electrons. The highest BCUT2D eigenvalue weighted by Gasteiger charge is 1.90. The van der Waals surface area contributed by atoms with Crippen molar-refractivity contribution in [3.05, 3.63) is 0 Å². The summed E-state index contributed by atoms with van der Waals surface area (Å²) >= 11 is 0. The van der Waals surface area contributed by atoms with Gasteiger partial charge in [0.1, 0.15) is 0 Å². The Labute approximate surface area is 46.5 Å². The topological polar surface area (TPSA) is 68.6 Å². The van der Waals surface area contributed by atoms with Crippen LogP contribution in [0.15, 0.2) is 0 Å². The third-order valence-electron chi connectivity index (χ3n) is 0.642. The van der Waals surface area contributed by atoms with Gasteiger partial charge in [-0.25, -0.2) is 10.4 Å². The van der Waals surface area contributed by atoms with Gasteiger partial charge in [0.2, 0.25) is 0 Å². The molecule has 0 fully saturated rings. The van der Waals surface area contributed by atoms with E-state index in [1.807, 2.05) is 6.92 Å². The van der Waals surface area contributed by atoms with Crippen molar-refractivity contribution in [3.8, 4) is 0 Å². The number of tetrazole rings is 1. The van der Waals surface area contributed by atoms with E-state index in [1.54, 1.807) is 0 Å². The molecule has 5 heteroatoms. The average molecular weight is 112 g/mol. The molecule has 0 aliphatic heterocycles. The highest BCUT2D eigenvalue weighted by atomic mass is 15.5. The first-order valence-electron chi connectivity index (χ1n) is 2.34. The standard InChI is InChI=1S/C3H6N5/c1-2-4-3-5-7-8-6-3/h2H2,1H3,(H,5,6,7,8). The highest BCUT2D eigenvalue weighted by molar-refractivity contribution is 5.03. The molecule has 0 aromatic carbocycles. The van der Waals surface area contributed by atoms with E-state index in [4.69, 9.17) is 0 Å². The van der Waals surface area contributed by atoms with E-state index >= 15 is 0 Å². The number of rotatable bonds is 2. The fourth-order valence-corrected chi connectivity index (χ4v) is 0.371. The molecule has 5 nitrogen and oxygen atoms in total. The lowest BCUT2D eigenvalue weighted by Crippen LogP contribution is -1.96. The zero-order valence-corrected chi connectivity index (χ0v) is 4.50. The average Bonchev–Trinajstić information content (AvgIpc) is 2.19. The van der Waals surface area contributed by atoms with E-state index in [1.165, 1.54) is 0 Å². The highest BCUT2D eigenvalue weighted by Crippen LogP contribution is 1.86. The SMILES string of the molecule is CC[N]c1nnn[nH]1. The molecule has 0 saturated heterocycles. The lowest BCUT2D eigenvalue weighted by Gasteiger charge is -1.85. The molecule has 1 aromatic heterocycles. The first kappa shape index (κ1) is 5.02. The summed E-state index contributed by atoms with van der Waals surface area (Å²) in [5.41, 5.74) is 0. The lowest BCUT2D eigenvalue weighted by molar-refractivity contribution is 0.850. The predicted octanol–water partition coefficient (Wildman–Crippen LogP) is -0.545. The Morgan fingerprint density at radius 1 is 1.75 bits per heavy atom. The molecular weight excluding hydrogens is 106 g/mol. The summed E-state index contributed by atoms with van der Waals surface area (Å²) in [6.07, 6.45) is 0. The van der Waals surface area contributed by atoms with Gasteiger partial charge in [-0.3, -0.25) is 0 Å². The van der Waals surface area contributed by atoms with Gasteiger partial charge in [0.25, 0.3) is 5.95 Å². The van der Waals surface area contributed by atoms with Gasteiger partial charge in [-0.05, 0) is 17.4 Å². The molecule has 0 saturated carbocycles. The summed E-state index contributed by atoms with van der Waals surface area (Å²) < 4.78 is 0. The molecule has 0 atom stereocenters. The van der Waals surface area contributed by atoms with Gasteiger partial charge < -0.3 is 0 Å². The molecule has 0 bridgehead atoms. The lowest BCUT2D eigenvalue weighted by atomic mass is 10.7. The predicted molar refractivity (Wildman–Crippen MR) is 26.5 cm³/mol. The minimum atomic E-state index is 0.493. The number of hydrogen-bond donors (Lipinski definition) is 1. The van der Waals surface area contributed by atoms with Gasteiger partial charge in [-0.1, -0.05) is 5.10 Å². The molecule has 1 N–H and O–H groups in total. The van der Waals surface area contributed by atoms with Crippen molar-refractivity contribution in [3.63, 3.8) is 0 Å². The second kappa shape index (κ2) is 2.25. The van der Waals surface area contributed by atoms with Gasteiger partial charge in [0, 0.05) is 6.54 Å². The van der Waals surface area contributed by atoms with Crippen LogP contribution in [0.3, 0.4) is 0 Å². The summed E-state index contributed by atoms with van der Waals surface area (Å²) in [6, 6.07) is 0. The van der Waals surface area contributed by atoms with Crippen LogP contribution in [0.2, 0.25) is 0 Å². The van der Waals surface area contributed by atoms with Gasteiger partial charge in [0.15, 0.2) is 0 Å². The van der Waals surface area contributed by atoms with E-state index in [0.29, 0.717) is 12.5 Å². The second-order valence-electron chi connectivity index (χ2n) is 1.20. The molecule has 1 rings (SSSR count). The Kier molecular flexibility index (Phi) is 1.41. The smallest absolute Gasteiger partial charge is 0.249 e. The molecule has 0 aliphatic carbocycles. The zero-order valence-electron chi connectivity index (χ0n) is 4.50. The van der Waals surface area contributed by atoms with Gasteiger partial charge in [-0.15, -0.1) is 0 Å². The number of hydrogen-bond acceptors (Lipinski definition) is 3. The van der Waals surface area contributed by atoms with Crippen LogP contribution in [0.1, 0.15) is 6.92 Å². The van der Waals surface area contributed by atoms with E-state index in [2.05, 4.69) is 25.9 Å².